The zero-order chi connectivity index (χ0) is 15.1. The quantitative estimate of drug-likeness (QED) is 0.496. The molecule has 0 nitrogen and oxygen atoms in total. The Morgan fingerprint density at radius 3 is 2.33 bits per heavy atom. The first-order valence-corrected chi connectivity index (χ1v) is 8.49. The van der Waals surface area contributed by atoms with Gasteiger partial charge >= 0.3 is 0 Å². The molecule has 0 spiro atoms. The largest absolute Gasteiger partial charge is 0.103 e. The summed E-state index contributed by atoms with van der Waals surface area (Å²) in [5.41, 5.74) is 2.54. The van der Waals surface area contributed by atoms with E-state index in [1.807, 2.05) is 0 Å². The van der Waals surface area contributed by atoms with Crippen LogP contribution in [0.15, 0.2) is 36.9 Å². The van der Waals surface area contributed by atoms with Gasteiger partial charge in [-0.1, -0.05) is 43.9 Å². The molecule has 1 aliphatic carbocycles. The minimum absolute atomic E-state index is 0.592. The van der Waals surface area contributed by atoms with Gasteiger partial charge in [-0.25, -0.2) is 0 Å². The van der Waals surface area contributed by atoms with Crippen LogP contribution in [0.4, 0.5) is 0 Å². The van der Waals surface area contributed by atoms with Gasteiger partial charge in [-0.05, 0) is 68.1 Å². The van der Waals surface area contributed by atoms with Crippen molar-refractivity contribution in [3.63, 3.8) is 0 Å². The normalized spacial score (nSPS) is 23.0. The van der Waals surface area contributed by atoms with Crippen LogP contribution in [-0.4, -0.2) is 0 Å². The molecule has 0 saturated heterocycles. The molecule has 0 N–H and O–H groups in total. The Bertz CT molecular complexity index is 489. The lowest BCUT2D eigenvalue weighted by molar-refractivity contribution is 0.254. The van der Waals surface area contributed by atoms with Crippen LogP contribution in [0.5, 0.6) is 0 Å². The van der Waals surface area contributed by atoms with Gasteiger partial charge < -0.3 is 0 Å². The smallest absolute Gasteiger partial charge is 0.0245 e. The van der Waals surface area contributed by atoms with Crippen LogP contribution in [0.25, 0.3) is 0 Å². The third kappa shape index (κ3) is 4.50. The summed E-state index contributed by atoms with van der Waals surface area (Å²) in [4.78, 5) is 0. The summed E-state index contributed by atoms with van der Waals surface area (Å²) >= 11 is 0. The van der Waals surface area contributed by atoms with Crippen molar-refractivity contribution in [1.29, 1.82) is 0 Å². The number of aryl methyl sites for hydroxylation is 1. The van der Waals surface area contributed by atoms with Crippen LogP contribution in [0.1, 0.15) is 57.1 Å². The number of hydrogen-bond acceptors (Lipinski definition) is 0. The Morgan fingerprint density at radius 1 is 1.14 bits per heavy atom. The lowest BCUT2D eigenvalue weighted by atomic mass is 9.75. The van der Waals surface area contributed by atoms with Crippen LogP contribution in [0.2, 0.25) is 0 Å². The molecular weight excluding hydrogens is 252 g/mol. The Kier molecular flexibility index (Phi) is 6.12. The fourth-order valence-corrected chi connectivity index (χ4v) is 3.39. The van der Waals surface area contributed by atoms with Gasteiger partial charge in [0.25, 0.3) is 0 Å². The average molecular weight is 280 g/mol. The molecule has 1 saturated carbocycles. The van der Waals surface area contributed by atoms with Crippen molar-refractivity contribution < 1.29 is 0 Å². The van der Waals surface area contributed by atoms with Gasteiger partial charge in [0.1, 0.15) is 0 Å². The lowest BCUT2D eigenvalue weighted by Crippen LogP contribution is -2.19. The van der Waals surface area contributed by atoms with E-state index in [9.17, 15) is 0 Å². The van der Waals surface area contributed by atoms with Crippen molar-refractivity contribution in [2.45, 2.75) is 52.4 Å². The molecule has 1 aromatic rings. The van der Waals surface area contributed by atoms with E-state index in [0.29, 0.717) is 11.8 Å². The maximum absolute atomic E-state index is 3.99. The zero-order valence-electron chi connectivity index (χ0n) is 13.6. The van der Waals surface area contributed by atoms with E-state index < -0.39 is 0 Å². The molecule has 1 aromatic carbocycles. The summed E-state index contributed by atoms with van der Waals surface area (Å²) in [5, 5.41) is 0. The molecule has 0 heteroatoms. The first kappa shape index (κ1) is 15.9. The number of rotatable bonds is 4. The van der Waals surface area contributed by atoms with Gasteiger partial charge in [-0.3, -0.25) is 0 Å². The molecule has 1 fully saturated rings. The van der Waals surface area contributed by atoms with Gasteiger partial charge in [0.15, 0.2) is 0 Å². The van der Waals surface area contributed by atoms with Crippen molar-refractivity contribution in [2.75, 3.05) is 0 Å². The summed E-state index contributed by atoms with van der Waals surface area (Å²) in [6, 6.07) is 8.69. The Hall–Kier alpha value is -1.48. The third-order valence-electron chi connectivity index (χ3n) is 4.93. The maximum Gasteiger partial charge on any atom is 0.0245 e. The first-order valence-electron chi connectivity index (χ1n) is 8.49. The van der Waals surface area contributed by atoms with Crippen molar-refractivity contribution in [3.8, 4) is 11.8 Å². The van der Waals surface area contributed by atoms with Gasteiger partial charge in [-0.2, -0.15) is 0 Å². The summed E-state index contributed by atoms with van der Waals surface area (Å²) < 4.78 is 0. The zero-order valence-corrected chi connectivity index (χ0v) is 13.6. The molecule has 1 aliphatic rings. The van der Waals surface area contributed by atoms with Crippen molar-refractivity contribution in [1.82, 2.24) is 0 Å². The molecule has 2 rings (SSSR count). The SMILES string of the molecule is C=CC(CC)[C@H]1CC[C@H](C#Cc2ccc(CC)cc2)CC1. The molecular formula is C21H28. The minimum Gasteiger partial charge on any atom is -0.103 e. The maximum atomic E-state index is 3.99. The van der Waals surface area contributed by atoms with Crippen LogP contribution < -0.4 is 0 Å². The molecule has 1 atom stereocenters. The highest BCUT2D eigenvalue weighted by molar-refractivity contribution is 5.36. The van der Waals surface area contributed by atoms with E-state index >= 15 is 0 Å². The molecule has 1 unspecified atom stereocenters. The highest BCUT2D eigenvalue weighted by Gasteiger charge is 2.24. The third-order valence-corrected chi connectivity index (χ3v) is 4.93. The first-order chi connectivity index (χ1) is 10.3. The summed E-state index contributed by atoms with van der Waals surface area (Å²) in [6.45, 7) is 8.45. The molecule has 0 amide bonds. The second kappa shape index (κ2) is 8.08. The highest BCUT2D eigenvalue weighted by Crippen LogP contribution is 2.35. The Balaban J connectivity index is 1.88. The molecule has 0 aromatic heterocycles. The summed E-state index contributed by atoms with van der Waals surface area (Å²) in [6.07, 6.45) is 9.64. The fraction of sp³-hybridized carbons (Fsp3) is 0.524. The van der Waals surface area contributed by atoms with Crippen molar-refractivity contribution >= 4 is 0 Å². The number of benzene rings is 1. The van der Waals surface area contributed by atoms with Crippen LogP contribution in [0, 0.1) is 29.6 Å². The van der Waals surface area contributed by atoms with E-state index in [2.05, 4.69) is 62.6 Å². The van der Waals surface area contributed by atoms with E-state index in [-0.39, 0.29) is 0 Å². The average Bonchev–Trinajstić information content (AvgIpc) is 2.55. The van der Waals surface area contributed by atoms with E-state index in [1.165, 1.54) is 37.7 Å². The molecule has 21 heavy (non-hydrogen) atoms. The number of hydrogen-bond donors (Lipinski definition) is 0. The highest BCUT2D eigenvalue weighted by atomic mass is 14.3. The predicted molar refractivity (Wildman–Crippen MR) is 92.1 cm³/mol. The molecule has 0 radical (unpaired) electrons. The Morgan fingerprint density at radius 2 is 1.81 bits per heavy atom. The standard InChI is InChI=1S/C21H28/c1-4-17-7-9-18(10-8-17)11-12-19-13-15-21(16-14-19)20(5-2)6-3/h5,7-10,19-21H,2,4,6,13-16H2,1,3H3/t19-,20?,21-. The van der Waals surface area contributed by atoms with Gasteiger partial charge in [0.05, 0.1) is 0 Å². The molecule has 112 valence electrons. The van der Waals surface area contributed by atoms with Crippen LogP contribution >= 0.6 is 0 Å². The minimum atomic E-state index is 0.592. The molecule has 0 heterocycles. The molecule has 0 aliphatic heterocycles. The second-order valence-electron chi connectivity index (χ2n) is 6.24. The number of allylic oxidation sites excluding steroid dienone is 1. The van der Waals surface area contributed by atoms with Crippen LogP contribution in [-0.2, 0) is 6.42 Å². The molecule has 0 bridgehead atoms. The van der Waals surface area contributed by atoms with Crippen LogP contribution in [0.3, 0.4) is 0 Å². The van der Waals surface area contributed by atoms with Crippen molar-refractivity contribution in [2.24, 2.45) is 17.8 Å². The van der Waals surface area contributed by atoms with Crippen molar-refractivity contribution in [3.05, 3.63) is 48.0 Å². The second-order valence-corrected chi connectivity index (χ2v) is 6.24. The fourth-order valence-electron chi connectivity index (χ4n) is 3.39. The van der Waals surface area contributed by atoms with E-state index in [0.717, 1.165) is 17.9 Å². The van der Waals surface area contributed by atoms with Gasteiger partial charge in [-0.15, -0.1) is 6.58 Å². The topological polar surface area (TPSA) is 0 Å². The van der Waals surface area contributed by atoms with Gasteiger partial charge in [0.2, 0.25) is 0 Å². The Labute approximate surface area is 130 Å². The van der Waals surface area contributed by atoms with Gasteiger partial charge in [0, 0.05) is 11.5 Å². The van der Waals surface area contributed by atoms with E-state index in [4.69, 9.17) is 0 Å². The lowest BCUT2D eigenvalue weighted by Gasteiger charge is -2.30. The summed E-state index contributed by atoms with van der Waals surface area (Å²) in [7, 11) is 0. The van der Waals surface area contributed by atoms with E-state index in [1.54, 1.807) is 0 Å². The monoisotopic (exact) mass is 280 g/mol. The summed E-state index contributed by atoms with van der Waals surface area (Å²) in [5.74, 6) is 9.01. The predicted octanol–water partition coefficient (Wildman–Crippen LogP) is 5.62.